The average molecular weight is 473 g/mol. The van der Waals surface area contributed by atoms with E-state index in [1.54, 1.807) is 6.07 Å². The summed E-state index contributed by atoms with van der Waals surface area (Å²) in [6.07, 6.45) is 1.29. The van der Waals surface area contributed by atoms with Crippen LogP contribution in [0.5, 0.6) is 5.75 Å². The maximum absolute atomic E-state index is 13.9. The maximum Gasteiger partial charge on any atom is 0.292 e. The molecule has 0 unspecified atom stereocenters. The van der Waals surface area contributed by atoms with Gasteiger partial charge in [-0.1, -0.05) is 6.07 Å². The first-order valence-electron chi connectivity index (χ1n) is 10.2. The summed E-state index contributed by atoms with van der Waals surface area (Å²) in [5.74, 6) is -5.50. The van der Waals surface area contributed by atoms with Crippen molar-refractivity contribution >= 4 is 11.7 Å². The quantitative estimate of drug-likeness (QED) is 0.283. The molecule has 2 aromatic carbocycles. The Labute approximate surface area is 191 Å². The van der Waals surface area contributed by atoms with Gasteiger partial charge in [0.1, 0.15) is 18.1 Å². The number of rotatable bonds is 7. The van der Waals surface area contributed by atoms with E-state index in [1.807, 2.05) is 32.0 Å². The number of benzene rings is 2. The minimum absolute atomic E-state index is 0.00198. The zero-order chi connectivity index (χ0) is 24.4. The number of anilines is 1. The summed E-state index contributed by atoms with van der Waals surface area (Å²) >= 11 is 0. The van der Waals surface area contributed by atoms with Gasteiger partial charge in [0, 0.05) is 18.3 Å². The number of amides is 1. The molecule has 4 aromatic rings. The molecular weight excluding hydrogens is 454 g/mol. The molecule has 4 rings (SSSR count). The minimum Gasteiger partial charge on any atom is -0.486 e. The van der Waals surface area contributed by atoms with Crippen molar-refractivity contribution in [1.82, 2.24) is 9.78 Å². The Balaban J connectivity index is 1.38. The molecule has 0 saturated carbocycles. The summed E-state index contributed by atoms with van der Waals surface area (Å²) in [7, 11) is 0. The molecule has 34 heavy (non-hydrogen) atoms. The van der Waals surface area contributed by atoms with Crippen LogP contribution in [0.4, 0.5) is 23.4 Å². The topological polar surface area (TPSA) is 69.3 Å². The monoisotopic (exact) mass is 473 g/mol. The number of hydrogen-bond acceptors (Lipinski definition) is 4. The highest BCUT2D eigenvalue weighted by molar-refractivity contribution is 6.01. The first-order chi connectivity index (χ1) is 16.2. The van der Waals surface area contributed by atoms with Crippen molar-refractivity contribution in [3.05, 3.63) is 100 Å². The van der Waals surface area contributed by atoms with Gasteiger partial charge in [-0.2, -0.15) is 5.10 Å². The highest BCUT2D eigenvalue weighted by Gasteiger charge is 2.20. The van der Waals surface area contributed by atoms with Crippen LogP contribution in [0.3, 0.4) is 0 Å². The Hall–Kier alpha value is -4.08. The standard InChI is InChI=1S/C24H19F4N3O3/c1-13-7-14(2)9-16(8-13)33-12-15-3-4-20(34-15)24(32)29-21-5-6-31(30-21)11-17-22(27)18(25)10-19(26)23(17)28/h3-10H,11-12H2,1-2H3,(H,29,30,32). The van der Waals surface area contributed by atoms with E-state index in [-0.39, 0.29) is 24.3 Å². The van der Waals surface area contributed by atoms with Gasteiger partial charge >= 0.3 is 0 Å². The minimum atomic E-state index is -1.51. The summed E-state index contributed by atoms with van der Waals surface area (Å²) < 4.78 is 66.7. The van der Waals surface area contributed by atoms with Crippen molar-refractivity contribution < 1.29 is 31.5 Å². The molecule has 176 valence electrons. The second-order valence-electron chi connectivity index (χ2n) is 7.68. The molecule has 0 bridgehead atoms. The summed E-state index contributed by atoms with van der Waals surface area (Å²) in [5.41, 5.74) is 1.29. The molecular formula is C24H19F4N3O3. The van der Waals surface area contributed by atoms with E-state index in [9.17, 15) is 22.4 Å². The molecule has 1 amide bonds. The lowest BCUT2D eigenvalue weighted by Gasteiger charge is -2.07. The lowest BCUT2D eigenvalue weighted by molar-refractivity contribution is 0.0992. The number of carbonyl (C=O) groups is 1. The fraction of sp³-hybridized carbons (Fsp3) is 0.167. The predicted octanol–water partition coefficient (Wildman–Crippen LogP) is 5.53. The average Bonchev–Trinajstić information content (AvgIpc) is 3.43. The second-order valence-corrected chi connectivity index (χ2v) is 7.68. The molecule has 0 saturated heterocycles. The van der Waals surface area contributed by atoms with Gasteiger partial charge in [0.25, 0.3) is 5.91 Å². The zero-order valence-corrected chi connectivity index (χ0v) is 18.2. The van der Waals surface area contributed by atoms with Gasteiger partial charge in [0.05, 0.1) is 12.1 Å². The van der Waals surface area contributed by atoms with E-state index >= 15 is 0 Å². The third-order valence-corrected chi connectivity index (χ3v) is 4.87. The molecule has 2 aromatic heterocycles. The molecule has 2 heterocycles. The Morgan fingerprint density at radius 3 is 2.35 bits per heavy atom. The fourth-order valence-corrected chi connectivity index (χ4v) is 3.37. The van der Waals surface area contributed by atoms with Crippen molar-refractivity contribution in [3.63, 3.8) is 0 Å². The van der Waals surface area contributed by atoms with E-state index in [0.29, 0.717) is 11.5 Å². The van der Waals surface area contributed by atoms with Crippen molar-refractivity contribution in [3.8, 4) is 5.75 Å². The van der Waals surface area contributed by atoms with Crippen molar-refractivity contribution in [2.75, 3.05) is 5.32 Å². The van der Waals surface area contributed by atoms with Crippen LogP contribution in [-0.2, 0) is 13.2 Å². The van der Waals surface area contributed by atoms with E-state index < -0.39 is 41.3 Å². The zero-order valence-electron chi connectivity index (χ0n) is 18.2. The van der Waals surface area contributed by atoms with Gasteiger partial charge < -0.3 is 14.5 Å². The second kappa shape index (κ2) is 9.42. The Morgan fingerprint density at radius 1 is 1.00 bits per heavy atom. The van der Waals surface area contributed by atoms with Crippen LogP contribution >= 0.6 is 0 Å². The summed E-state index contributed by atoms with van der Waals surface area (Å²) in [6, 6.07) is 10.3. The molecule has 1 N–H and O–H groups in total. The predicted molar refractivity (Wildman–Crippen MR) is 115 cm³/mol. The number of nitrogens with one attached hydrogen (secondary N) is 1. The molecule has 0 atom stereocenters. The number of aryl methyl sites for hydroxylation is 2. The first-order valence-corrected chi connectivity index (χ1v) is 10.2. The molecule has 0 aliphatic rings. The normalized spacial score (nSPS) is 11.0. The summed E-state index contributed by atoms with van der Waals surface area (Å²) in [4.78, 5) is 12.4. The highest BCUT2D eigenvalue weighted by atomic mass is 19.2. The van der Waals surface area contributed by atoms with E-state index in [2.05, 4.69) is 10.4 Å². The summed E-state index contributed by atoms with van der Waals surface area (Å²) in [6.45, 7) is 3.45. The van der Waals surface area contributed by atoms with Crippen molar-refractivity contribution in [2.24, 2.45) is 0 Å². The largest absolute Gasteiger partial charge is 0.486 e. The smallest absolute Gasteiger partial charge is 0.292 e. The third-order valence-electron chi connectivity index (χ3n) is 4.87. The number of aromatic nitrogens is 2. The summed E-state index contributed by atoms with van der Waals surface area (Å²) in [5, 5.41) is 6.43. The number of nitrogens with zero attached hydrogens (tertiary/aromatic N) is 2. The molecule has 0 fully saturated rings. The lowest BCUT2D eigenvalue weighted by Crippen LogP contribution is -2.13. The fourth-order valence-electron chi connectivity index (χ4n) is 3.37. The van der Waals surface area contributed by atoms with Crippen LogP contribution < -0.4 is 10.1 Å². The lowest BCUT2D eigenvalue weighted by atomic mass is 10.1. The SMILES string of the molecule is Cc1cc(C)cc(OCc2ccc(C(=O)Nc3ccn(Cc4c(F)c(F)cc(F)c4F)n3)o2)c1. The first kappa shape index (κ1) is 23.1. The van der Waals surface area contributed by atoms with Crippen LogP contribution in [0.2, 0.25) is 0 Å². The van der Waals surface area contributed by atoms with E-state index in [0.717, 1.165) is 15.8 Å². The van der Waals surface area contributed by atoms with E-state index in [4.69, 9.17) is 9.15 Å². The number of carbonyl (C=O) groups excluding carboxylic acids is 1. The molecule has 0 aliphatic carbocycles. The van der Waals surface area contributed by atoms with Gasteiger partial charge in [-0.05, 0) is 49.2 Å². The van der Waals surface area contributed by atoms with Gasteiger partial charge in [0.15, 0.2) is 34.8 Å². The van der Waals surface area contributed by atoms with Crippen LogP contribution in [-0.4, -0.2) is 15.7 Å². The van der Waals surface area contributed by atoms with Crippen LogP contribution in [0.25, 0.3) is 0 Å². The molecule has 10 heteroatoms. The van der Waals surface area contributed by atoms with Crippen LogP contribution in [0.15, 0.2) is 53.1 Å². The van der Waals surface area contributed by atoms with Gasteiger partial charge in [0.2, 0.25) is 0 Å². The molecule has 6 nitrogen and oxygen atoms in total. The van der Waals surface area contributed by atoms with Gasteiger partial charge in [-0.15, -0.1) is 0 Å². The van der Waals surface area contributed by atoms with Crippen LogP contribution in [0.1, 0.15) is 33.0 Å². The van der Waals surface area contributed by atoms with Crippen molar-refractivity contribution in [2.45, 2.75) is 27.0 Å². The number of hydrogen-bond donors (Lipinski definition) is 1. The maximum atomic E-state index is 13.9. The molecule has 0 radical (unpaired) electrons. The van der Waals surface area contributed by atoms with E-state index in [1.165, 1.54) is 18.3 Å². The molecule has 0 aliphatic heterocycles. The highest BCUT2D eigenvalue weighted by Crippen LogP contribution is 2.21. The third kappa shape index (κ3) is 5.11. The number of halogens is 4. The number of ether oxygens (including phenoxy) is 1. The Morgan fingerprint density at radius 2 is 1.68 bits per heavy atom. The Bertz CT molecular complexity index is 1320. The molecule has 0 spiro atoms. The van der Waals surface area contributed by atoms with Gasteiger partial charge in [-0.25, -0.2) is 17.6 Å². The van der Waals surface area contributed by atoms with Crippen molar-refractivity contribution in [1.29, 1.82) is 0 Å². The number of furan rings is 1. The van der Waals surface area contributed by atoms with Gasteiger partial charge in [-0.3, -0.25) is 9.48 Å². The van der Waals surface area contributed by atoms with Crippen LogP contribution in [0, 0.1) is 37.1 Å². The Kier molecular flexibility index (Phi) is 6.40.